The first kappa shape index (κ1) is 53.4. The third kappa shape index (κ3) is 43.4. The zero-order valence-electron chi connectivity index (χ0n) is 37.2. The van der Waals surface area contributed by atoms with Gasteiger partial charge in [-0.05, 0) is 19.3 Å². The SMILES string of the molecule is CCCCCCCCCCCCCCCCCCCC(=O)OC[C@@H](COC(=O)CCCCCCCCCCCCC)OC(=O)CCCCCCCCCCC. The minimum absolute atomic E-state index is 0.0625. The van der Waals surface area contributed by atoms with Crippen molar-refractivity contribution in [2.24, 2.45) is 0 Å². The minimum atomic E-state index is -0.758. The fraction of sp³-hybridized carbons (Fsp3) is 0.939. The maximum absolute atomic E-state index is 12.7. The lowest BCUT2D eigenvalue weighted by atomic mass is 10.0. The van der Waals surface area contributed by atoms with Crippen LogP contribution in [0.2, 0.25) is 0 Å². The summed E-state index contributed by atoms with van der Waals surface area (Å²) in [5, 5.41) is 0. The van der Waals surface area contributed by atoms with Gasteiger partial charge in [0.15, 0.2) is 6.10 Å². The first-order valence-corrected chi connectivity index (χ1v) is 24.5. The Morgan fingerprint density at radius 3 is 0.727 bits per heavy atom. The van der Waals surface area contributed by atoms with Crippen molar-refractivity contribution in [1.82, 2.24) is 0 Å². The molecule has 0 aromatic rings. The highest BCUT2D eigenvalue weighted by Crippen LogP contribution is 2.16. The average Bonchev–Trinajstić information content (AvgIpc) is 3.18. The number of carbonyl (C=O) groups is 3. The molecule has 55 heavy (non-hydrogen) atoms. The average molecular weight is 779 g/mol. The summed E-state index contributed by atoms with van der Waals surface area (Å²) in [7, 11) is 0. The number of ether oxygens (including phenoxy) is 3. The second-order valence-corrected chi connectivity index (χ2v) is 16.7. The van der Waals surface area contributed by atoms with Crippen LogP contribution in [0.5, 0.6) is 0 Å². The summed E-state index contributed by atoms with van der Waals surface area (Å²) < 4.78 is 16.7. The van der Waals surface area contributed by atoms with Crippen molar-refractivity contribution in [3.8, 4) is 0 Å². The van der Waals surface area contributed by atoms with E-state index in [0.29, 0.717) is 19.3 Å². The molecule has 0 N–H and O–H groups in total. The van der Waals surface area contributed by atoms with Crippen LogP contribution in [0.3, 0.4) is 0 Å². The molecule has 0 aliphatic carbocycles. The second kappa shape index (κ2) is 45.1. The number of unbranched alkanes of at least 4 members (excludes halogenated alkanes) is 34. The van der Waals surface area contributed by atoms with E-state index in [1.165, 1.54) is 180 Å². The van der Waals surface area contributed by atoms with Crippen LogP contribution in [0.1, 0.15) is 278 Å². The molecule has 0 amide bonds. The summed E-state index contributed by atoms with van der Waals surface area (Å²) in [6, 6.07) is 0. The van der Waals surface area contributed by atoms with Crippen LogP contribution in [0.25, 0.3) is 0 Å². The first-order valence-electron chi connectivity index (χ1n) is 24.5. The zero-order valence-corrected chi connectivity index (χ0v) is 37.2. The van der Waals surface area contributed by atoms with Crippen LogP contribution in [0, 0.1) is 0 Å². The normalized spacial score (nSPS) is 11.8. The minimum Gasteiger partial charge on any atom is -0.462 e. The third-order valence-corrected chi connectivity index (χ3v) is 11.1. The monoisotopic (exact) mass is 779 g/mol. The second-order valence-electron chi connectivity index (χ2n) is 16.7. The molecule has 0 saturated carbocycles. The Balaban J connectivity index is 4.22. The highest BCUT2D eigenvalue weighted by atomic mass is 16.6. The van der Waals surface area contributed by atoms with Gasteiger partial charge >= 0.3 is 17.9 Å². The lowest BCUT2D eigenvalue weighted by Crippen LogP contribution is -2.30. The van der Waals surface area contributed by atoms with Crippen LogP contribution >= 0.6 is 0 Å². The molecular formula is C49H94O6. The van der Waals surface area contributed by atoms with Crippen LogP contribution in [0.4, 0.5) is 0 Å². The summed E-state index contributed by atoms with van der Waals surface area (Å²) in [6.07, 6.45) is 46.6. The van der Waals surface area contributed by atoms with Crippen molar-refractivity contribution in [3.63, 3.8) is 0 Å². The fourth-order valence-corrected chi connectivity index (χ4v) is 7.38. The van der Waals surface area contributed by atoms with Crippen LogP contribution < -0.4 is 0 Å². The van der Waals surface area contributed by atoms with Gasteiger partial charge in [-0.1, -0.05) is 239 Å². The fourth-order valence-electron chi connectivity index (χ4n) is 7.38. The van der Waals surface area contributed by atoms with E-state index in [2.05, 4.69) is 20.8 Å². The molecule has 0 bridgehead atoms. The summed E-state index contributed by atoms with van der Waals surface area (Å²) in [5.41, 5.74) is 0. The van der Waals surface area contributed by atoms with E-state index < -0.39 is 6.10 Å². The topological polar surface area (TPSA) is 78.9 Å². The molecule has 6 nitrogen and oxygen atoms in total. The van der Waals surface area contributed by atoms with Crippen molar-refractivity contribution in [1.29, 1.82) is 0 Å². The first-order chi connectivity index (χ1) is 27.0. The molecular weight excluding hydrogens is 685 g/mol. The van der Waals surface area contributed by atoms with Crippen LogP contribution in [0.15, 0.2) is 0 Å². The van der Waals surface area contributed by atoms with Gasteiger partial charge in [0.1, 0.15) is 13.2 Å². The van der Waals surface area contributed by atoms with E-state index in [-0.39, 0.29) is 31.1 Å². The number of carbonyl (C=O) groups excluding carboxylic acids is 3. The Morgan fingerprint density at radius 1 is 0.291 bits per heavy atom. The Bertz CT molecular complexity index is 813. The molecule has 0 aromatic heterocycles. The number of esters is 3. The van der Waals surface area contributed by atoms with E-state index in [1.54, 1.807) is 0 Å². The smallest absolute Gasteiger partial charge is 0.306 e. The molecule has 0 heterocycles. The summed E-state index contributed by atoms with van der Waals surface area (Å²) >= 11 is 0. The lowest BCUT2D eigenvalue weighted by molar-refractivity contribution is -0.167. The van der Waals surface area contributed by atoms with Gasteiger partial charge in [-0.15, -0.1) is 0 Å². The Hall–Kier alpha value is -1.59. The maximum Gasteiger partial charge on any atom is 0.306 e. The molecule has 0 rings (SSSR count). The Morgan fingerprint density at radius 2 is 0.491 bits per heavy atom. The van der Waals surface area contributed by atoms with Crippen molar-refractivity contribution < 1.29 is 28.6 Å². The largest absolute Gasteiger partial charge is 0.462 e. The van der Waals surface area contributed by atoms with E-state index in [0.717, 1.165) is 57.8 Å². The van der Waals surface area contributed by atoms with E-state index in [1.807, 2.05) is 0 Å². The molecule has 0 fully saturated rings. The molecule has 0 unspecified atom stereocenters. The van der Waals surface area contributed by atoms with Crippen molar-refractivity contribution in [2.75, 3.05) is 13.2 Å². The van der Waals surface area contributed by atoms with Gasteiger partial charge in [0.2, 0.25) is 0 Å². The van der Waals surface area contributed by atoms with E-state index in [9.17, 15) is 14.4 Å². The van der Waals surface area contributed by atoms with Gasteiger partial charge in [-0.2, -0.15) is 0 Å². The molecule has 0 aliphatic heterocycles. The molecule has 0 aromatic carbocycles. The summed E-state index contributed by atoms with van der Waals surface area (Å²) in [6.45, 7) is 6.64. The van der Waals surface area contributed by atoms with Gasteiger partial charge in [-0.3, -0.25) is 14.4 Å². The molecule has 6 heteroatoms. The van der Waals surface area contributed by atoms with E-state index in [4.69, 9.17) is 14.2 Å². The molecule has 326 valence electrons. The molecule has 0 spiro atoms. The van der Waals surface area contributed by atoms with Gasteiger partial charge in [0.25, 0.3) is 0 Å². The van der Waals surface area contributed by atoms with Crippen molar-refractivity contribution in [2.45, 2.75) is 284 Å². The zero-order chi connectivity index (χ0) is 40.1. The number of hydrogen-bond donors (Lipinski definition) is 0. The Kier molecular flexibility index (Phi) is 43.8. The summed E-state index contributed by atoms with van der Waals surface area (Å²) in [4.78, 5) is 37.7. The Labute approximate surface area is 342 Å². The number of hydrogen-bond acceptors (Lipinski definition) is 6. The van der Waals surface area contributed by atoms with Crippen molar-refractivity contribution in [3.05, 3.63) is 0 Å². The van der Waals surface area contributed by atoms with Gasteiger partial charge in [0.05, 0.1) is 0 Å². The maximum atomic E-state index is 12.7. The van der Waals surface area contributed by atoms with Crippen LogP contribution in [-0.4, -0.2) is 37.2 Å². The van der Waals surface area contributed by atoms with Crippen molar-refractivity contribution >= 4 is 17.9 Å². The highest BCUT2D eigenvalue weighted by Gasteiger charge is 2.19. The predicted molar refractivity (Wildman–Crippen MR) is 233 cm³/mol. The van der Waals surface area contributed by atoms with Gasteiger partial charge in [-0.25, -0.2) is 0 Å². The van der Waals surface area contributed by atoms with Crippen LogP contribution in [-0.2, 0) is 28.6 Å². The molecule has 0 radical (unpaired) electrons. The molecule has 0 aliphatic rings. The van der Waals surface area contributed by atoms with Gasteiger partial charge < -0.3 is 14.2 Å². The third-order valence-electron chi connectivity index (χ3n) is 11.1. The standard InChI is InChI=1S/C49H94O6/c1-4-7-10-13-16-19-21-22-23-24-25-26-28-31-33-36-39-42-48(51)54-45-46(55-49(52)43-40-37-34-29-18-15-12-9-6-3)44-53-47(50)41-38-35-32-30-27-20-17-14-11-8-5-2/h46H,4-45H2,1-3H3/t46-/m1/s1. The number of rotatable bonds is 45. The lowest BCUT2D eigenvalue weighted by Gasteiger charge is -2.18. The molecule has 1 atom stereocenters. The quantitative estimate of drug-likeness (QED) is 0.0348. The summed E-state index contributed by atoms with van der Waals surface area (Å²) in [5.74, 6) is -0.850. The van der Waals surface area contributed by atoms with E-state index >= 15 is 0 Å². The molecule has 0 saturated heterocycles. The predicted octanol–water partition coefficient (Wildman–Crippen LogP) is 15.6. The highest BCUT2D eigenvalue weighted by molar-refractivity contribution is 5.71. The van der Waals surface area contributed by atoms with Gasteiger partial charge in [0, 0.05) is 19.3 Å².